The molecule has 0 aliphatic carbocycles. The van der Waals surface area contributed by atoms with Gasteiger partial charge >= 0.3 is 5.97 Å². The maximum atomic E-state index is 13.0. The van der Waals surface area contributed by atoms with Crippen molar-refractivity contribution in [2.75, 3.05) is 7.11 Å². The van der Waals surface area contributed by atoms with Crippen molar-refractivity contribution in [1.29, 1.82) is 0 Å². The lowest BCUT2D eigenvalue weighted by Crippen LogP contribution is -2.28. The summed E-state index contributed by atoms with van der Waals surface area (Å²) in [6.07, 6.45) is -0.691. The number of aryl methyl sites for hydroxylation is 1. The van der Waals surface area contributed by atoms with Crippen molar-refractivity contribution in [2.45, 2.75) is 37.4 Å². The van der Waals surface area contributed by atoms with Crippen LogP contribution in [0.4, 0.5) is 0 Å². The van der Waals surface area contributed by atoms with Crippen LogP contribution < -0.4 is 5.56 Å². The number of rotatable bonds is 6. The maximum Gasteiger partial charge on any atom is 0.337 e. The molecule has 0 saturated heterocycles. The third kappa shape index (κ3) is 4.26. The fourth-order valence-electron chi connectivity index (χ4n) is 2.90. The second-order valence-corrected chi connectivity index (χ2v) is 7.54. The van der Waals surface area contributed by atoms with Crippen molar-refractivity contribution in [1.82, 2.24) is 9.55 Å². The van der Waals surface area contributed by atoms with Crippen LogP contribution >= 0.6 is 11.8 Å². The van der Waals surface area contributed by atoms with Gasteiger partial charge in [0, 0.05) is 5.75 Å². The Balaban J connectivity index is 2.07. The Morgan fingerprint density at radius 2 is 2.04 bits per heavy atom. The smallest absolute Gasteiger partial charge is 0.337 e. The van der Waals surface area contributed by atoms with Crippen LogP contribution in [0, 0.1) is 6.92 Å². The number of esters is 1. The lowest BCUT2D eigenvalue weighted by Gasteiger charge is -2.15. The van der Waals surface area contributed by atoms with Crippen LogP contribution in [0.25, 0.3) is 10.9 Å². The van der Waals surface area contributed by atoms with E-state index in [9.17, 15) is 14.7 Å². The summed E-state index contributed by atoms with van der Waals surface area (Å²) in [5, 5.41) is 10.7. The summed E-state index contributed by atoms with van der Waals surface area (Å²) in [7, 11) is 1.31. The van der Waals surface area contributed by atoms with Crippen molar-refractivity contribution in [2.24, 2.45) is 0 Å². The summed E-state index contributed by atoms with van der Waals surface area (Å²) in [5.41, 5.74) is 2.84. The summed E-state index contributed by atoms with van der Waals surface area (Å²) in [5.74, 6) is 0.159. The van der Waals surface area contributed by atoms with Gasteiger partial charge in [0.25, 0.3) is 5.56 Å². The number of carbonyl (C=O) groups excluding carboxylic acids is 1. The van der Waals surface area contributed by atoms with Gasteiger partial charge in [0.15, 0.2) is 5.16 Å². The van der Waals surface area contributed by atoms with Crippen molar-refractivity contribution in [3.05, 3.63) is 69.5 Å². The zero-order valence-electron chi connectivity index (χ0n) is 16.0. The van der Waals surface area contributed by atoms with E-state index in [2.05, 4.69) is 4.98 Å². The molecular formula is C21H22N2O4S. The van der Waals surface area contributed by atoms with Crippen LogP contribution in [0.1, 0.15) is 28.4 Å². The van der Waals surface area contributed by atoms with E-state index < -0.39 is 12.1 Å². The number of hydrogen-bond donors (Lipinski definition) is 1. The number of thioether (sulfide) groups is 1. The Morgan fingerprint density at radius 1 is 1.29 bits per heavy atom. The average molecular weight is 398 g/mol. The zero-order valence-corrected chi connectivity index (χ0v) is 16.8. The van der Waals surface area contributed by atoms with Gasteiger partial charge in [0.1, 0.15) is 0 Å². The molecule has 0 bridgehead atoms. The lowest BCUT2D eigenvalue weighted by atomic mass is 10.1. The van der Waals surface area contributed by atoms with E-state index in [1.54, 1.807) is 25.1 Å². The standard InChI is InChI=1S/C21H22N2O4S/c1-13-6-4-5-7-16(13)12-28-21-22-18-10-15(20(26)27-3)8-9-17(18)19(25)23(21)11-14(2)24/h4-10,14,24H,11-12H2,1-3H3/t14-/m1/s1. The van der Waals surface area contributed by atoms with Crippen molar-refractivity contribution in [3.8, 4) is 0 Å². The van der Waals surface area contributed by atoms with Crippen LogP contribution in [-0.2, 0) is 17.0 Å². The first-order valence-corrected chi connectivity index (χ1v) is 9.87. The molecule has 1 N–H and O–H groups in total. The molecule has 28 heavy (non-hydrogen) atoms. The Labute approximate surface area is 167 Å². The minimum atomic E-state index is -0.691. The minimum Gasteiger partial charge on any atom is -0.465 e. The summed E-state index contributed by atoms with van der Waals surface area (Å²) in [4.78, 5) is 29.4. The Bertz CT molecular complexity index is 1080. The normalized spacial score (nSPS) is 12.1. The molecule has 0 saturated carbocycles. The zero-order chi connectivity index (χ0) is 20.3. The first-order chi connectivity index (χ1) is 13.4. The quantitative estimate of drug-likeness (QED) is 0.390. The molecule has 1 atom stereocenters. The van der Waals surface area contributed by atoms with E-state index in [4.69, 9.17) is 4.74 Å². The summed E-state index contributed by atoms with van der Waals surface area (Å²) in [6, 6.07) is 12.7. The third-order valence-electron chi connectivity index (χ3n) is 4.41. The van der Waals surface area contributed by atoms with Gasteiger partial charge in [-0.25, -0.2) is 9.78 Å². The fourth-order valence-corrected chi connectivity index (χ4v) is 3.98. The molecule has 7 heteroatoms. The number of aliphatic hydroxyl groups is 1. The number of aliphatic hydroxyl groups excluding tert-OH is 1. The fraction of sp³-hybridized carbons (Fsp3) is 0.286. The third-order valence-corrected chi connectivity index (χ3v) is 5.43. The highest BCUT2D eigenvalue weighted by Crippen LogP contribution is 2.24. The monoisotopic (exact) mass is 398 g/mol. The predicted octanol–water partition coefficient (Wildman–Crippen LogP) is 3.16. The Hall–Kier alpha value is -2.64. The van der Waals surface area contributed by atoms with Crippen molar-refractivity contribution in [3.63, 3.8) is 0 Å². The van der Waals surface area contributed by atoms with E-state index in [-0.39, 0.29) is 12.1 Å². The summed E-state index contributed by atoms with van der Waals surface area (Å²) >= 11 is 1.43. The van der Waals surface area contributed by atoms with Gasteiger partial charge in [0.05, 0.1) is 36.2 Å². The molecule has 0 amide bonds. The molecular weight excluding hydrogens is 376 g/mol. The SMILES string of the molecule is COC(=O)c1ccc2c(=O)n(C[C@@H](C)O)c(SCc3ccccc3C)nc2c1. The van der Waals surface area contributed by atoms with E-state index in [0.29, 0.717) is 27.4 Å². The van der Waals surface area contributed by atoms with Gasteiger partial charge in [-0.15, -0.1) is 0 Å². The molecule has 0 aliphatic heterocycles. The van der Waals surface area contributed by atoms with Crippen LogP contribution in [0.2, 0.25) is 0 Å². The summed E-state index contributed by atoms with van der Waals surface area (Å²) in [6.45, 7) is 3.82. The van der Waals surface area contributed by atoms with Gasteiger partial charge in [-0.3, -0.25) is 9.36 Å². The Morgan fingerprint density at radius 3 is 2.71 bits per heavy atom. The molecule has 2 aromatic carbocycles. The number of fused-ring (bicyclic) bond motifs is 1. The van der Waals surface area contributed by atoms with Crippen LogP contribution in [0.15, 0.2) is 52.4 Å². The van der Waals surface area contributed by atoms with Crippen LogP contribution in [0.5, 0.6) is 0 Å². The van der Waals surface area contributed by atoms with E-state index in [0.717, 1.165) is 11.1 Å². The number of methoxy groups -OCH3 is 1. The first kappa shape index (κ1) is 20.1. The lowest BCUT2D eigenvalue weighted by molar-refractivity contribution is 0.0601. The van der Waals surface area contributed by atoms with E-state index in [1.165, 1.54) is 23.4 Å². The molecule has 6 nitrogen and oxygen atoms in total. The van der Waals surface area contributed by atoms with Gasteiger partial charge < -0.3 is 9.84 Å². The van der Waals surface area contributed by atoms with Gasteiger partial charge in [-0.1, -0.05) is 36.0 Å². The number of ether oxygens (including phenoxy) is 1. The number of carbonyl (C=O) groups is 1. The molecule has 1 heterocycles. The molecule has 0 aliphatic rings. The summed E-state index contributed by atoms with van der Waals surface area (Å²) < 4.78 is 6.25. The minimum absolute atomic E-state index is 0.149. The molecule has 0 fully saturated rings. The highest BCUT2D eigenvalue weighted by Gasteiger charge is 2.16. The maximum absolute atomic E-state index is 13.0. The molecule has 0 spiro atoms. The molecule has 0 radical (unpaired) electrons. The molecule has 0 unspecified atom stereocenters. The van der Waals surface area contributed by atoms with Gasteiger partial charge in [-0.05, 0) is 43.2 Å². The molecule has 146 valence electrons. The molecule has 3 aromatic rings. The van der Waals surface area contributed by atoms with E-state index >= 15 is 0 Å². The number of benzene rings is 2. The second kappa shape index (κ2) is 8.58. The van der Waals surface area contributed by atoms with Crippen LogP contribution in [0.3, 0.4) is 0 Å². The van der Waals surface area contributed by atoms with Gasteiger partial charge in [0.2, 0.25) is 0 Å². The van der Waals surface area contributed by atoms with Crippen LogP contribution in [-0.4, -0.2) is 33.8 Å². The largest absolute Gasteiger partial charge is 0.465 e. The molecule has 3 rings (SSSR count). The van der Waals surface area contributed by atoms with Crippen molar-refractivity contribution >= 4 is 28.6 Å². The van der Waals surface area contributed by atoms with Crippen molar-refractivity contribution < 1.29 is 14.6 Å². The topological polar surface area (TPSA) is 81.4 Å². The second-order valence-electron chi connectivity index (χ2n) is 6.60. The number of aromatic nitrogens is 2. The first-order valence-electron chi connectivity index (χ1n) is 8.89. The Kier molecular flexibility index (Phi) is 6.16. The average Bonchev–Trinajstić information content (AvgIpc) is 2.68. The molecule has 1 aromatic heterocycles. The highest BCUT2D eigenvalue weighted by molar-refractivity contribution is 7.98. The predicted molar refractivity (Wildman–Crippen MR) is 110 cm³/mol. The van der Waals surface area contributed by atoms with Gasteiger partial charge in [-0.2, -0.15) is 0 Å². The number of hydrogen-bond acceptors (Lipinski definition) is 6. The number of nitrogens with zero attached hydrogens (tertiary/aromatic N) is 2. The highest BCUT2D eigenvalue weighted by atomic mass is 32.2. The van der Waals surface area contributed by atoms with E-state index in [1.807, 2.05) is 31.2 Å².